The second kappa shape index (κ2) is 4.58. The second-order valence-corrected chi connectivity index (χ2v) is 5.99. The van der Waals surface area contributed by atoms with Crippen molar-refractivity contribution in [2.75, 3.05) is 0 Å². The predicted molar refractivity (Wildman–Crippen MR) is 75.7 cm³/mol. The quantitative estimate of drug-likeness (QED) is 0.695. The van der Waals surface area contributed by atoms with E-state index in [1.165, 1.54) is 31.4 Å². The van der Waals surface area contributed by atoms with E-state index >= 15 is 0 Å². The third-order valence-corrected chi connectivity index (χ3v) is 4.32. The van der Waals surface area contributed by atoms with Crippen molar-refractivity contribution in [3.05, 3.63) is 39.5 Å². The van der Waals surface area contributed by atoms with Gasteiger partial charge in [-0.3, -0.25) is 4.98 Å². The Hall–Kier alpha value is -0.600. The van der Waals surface area contributed by atoms with Crippen molar-refractivity contribution in [3.8, 4) is 0 Å². The average Bonchev–Trinajstić information content (AvgIpc) is 2.83. The van der Waals surface area contributed by atoms with Gasteiger partial charge in [0.2, 0.25) is 0 Å². The van der Waals surface area contributed by atoms with Crippen LogP contribution in [0.25, 0.3) is 10.9 Å². The van der Waals surface area contributed by atoms with E-state index in [0.29, 0.717) is 5.92 Å². The Morgan fingerprint density at radius 2 is 1.94 bits per heavy atom. The van der Waals surface area contributed by atoms with Crippen LogP contribution in [0.2, 0.25) is 5.02 Å². The first-order chi connectivity index (χ1) is 8.24. The highest BCUT2D eigenvalue weighted by molar-refractivity contribution is 9.10. The molecule has 1 aliphatic carbocycles. The lowest BCUT2D eigenvalue weighted by Crippen LogP contribution is -1.97. The van der Waals surface area contributed by atoms with Crippen LogP contribution in [-0.2, 0) is 0 Å². The average molecular weight is 311 g/mol. The number of hydrogen-bond acceptors (Lipinski definition) is 1. The maximum atomic E-state index is 6.35. The summed E-state index contributed by atoms with van der Waals surface area (Å²) >= 11 is 9.82. The molecule has 1 aromatic heterocycles. The number of rotatable bonds is 1. The number of pyridine rings is 1. The predicted octanol–water partition coefficient (Wildman–Crippen LogP) is 5.31. The van der Waals surface area contributed by atoms with Gasteiger partial charge in [0.1, 0.15) is 0 Å². The summed E-state index contributed by atoms with van der Waals surface area (Å²) in [6.07, 6.45) is 5.15. The Morgan fingerprint density at radius 1 is 1.18 bits per heavy atom. The van der Waals surface area contributed by atoms with Gasteiger partial charge in [-0.25, -0.2) is 0 Å². The van der Waals surface area contributed by atoms with Crippen molar-refractivity contribution in [3.63, 3.8) is 0 Å². The molecule has 0 amide bonds. The third kappa shape index (κ3) is 2.21. The summed E-state index contributed by atoms with van der Waals surface area (Å²) in [7, 11) is 0. The summed E-state index contributed by atoms with van der Waals surface area (Å²) in [5.74, 6) is 0.612. The zero-order valence-electron chi connectivity index (χ0n) is 9.42. The Morgan fingerprint density at radius 3 is 2.71 bits per heavy atom. The second-order valence-electron chi connectivity index (χ2n) is 4.67. The summed E-state index contributed by atoms with van der Waals surface area (Å²) in [5, 5.41) is 1.85. The topological polar surface area (TPSA) is 12.9 Å². The number of benzene rings is 1. The largest absolute Gasteiger partial charge is 0.252 e. The Kier molecular flexibility index (Phi) is 3.10. The highest BCUT2D eigenvalue weighted by Crippen LogP contribution is 2.36. The number of hydrogen-bond donors (Lipinski definition) is 0. The van der Waals surface area contributed by atoms with E-state index in [-0.39, 0.29) is 0 Å². The van der Waals surface area contributed by atoms with Crippen molar-refractivity contribution in [2.45, 2.75) is 31.6 Å². The zero-order chi connectivity index (χ0) is 11.8. The minimum absolute atomic E-state index is 0.612. The van der Waals surface area contributed by atoms with Crippen molar-refractivity contribution >= 4 is 38.4 Å². The van der Waals surface area contributed by atoms with Crippen LogP contribution in [0.15, 0.2) is 28.7 Å². The van der Waals surface area contributed by atoms with Gasteiger partial charge in [-0.1, -0.05) is 40.4 Å². The van der Waals surface area contributed by atoms with Gasteiger partial charge in [0.15, 0.2) is 0 Å². The van der Waals surface area contributed by atoms with Gasteiger partial charge in [-0.05, 0) is 37.1 Å². The van der Waals surface area contributed by atoms with Crippen LogP contribution < -0.4 is 0 Å². The van der Waals surface area contributed by atoms with E-state index in [4.69, 9.17) is 16.6 Å². The molecule has 0 atom stereocenters. The summed E-state index contributed by atoms with van der Waals surface area (Å²) in [5.41, 5.74) is 2.17. The molecule has 0 aliphatic heterocycles. The van der Waals surface area contributed by atoms with Gasteiger partial charge in [-0.15, -0.1) is 0 Å². The van der Waals surface area contributed by atoms with Gasteiger partial charge >= 0.3 is 0 Å². The summed E-state index contributed by atoms with van der Waals surface area (Å²) in [6.45, 7) is 0. The van der Waals surface area contributed by atoms with Crippen LogP contribution in [0.5, 0.6) is 0 Å². The van der Waals surface area contributed by atoms with Crippen LogP contribution in [0.3, 0.4) is 0 Å². The van der Waals surface area contributed by atoms with E-state index in [1.54, 1.807) is 0 Å². The molecule has 88 valence electrons. The van der Waals surface area contributed by atoms with Crippen LogP contribution in [0, 0.1) is 0 Å². The molecule has 0 N–H and O–H groups in total. The van der Waals surface area contributed by atoms with Crippen LogP contribution in [-0.4, -0.2) is 4.98 Å². The van der Waals surface area contributed by atoms with E-state index in [1.807, 2.05) is 24.3 Å². The van der Waals surface area contributed by atoms with Crippen LogP contribution >= 0.6 is 27.5 Å². The van der Waals surface area contributed by atoms with Gasteiger partial charge < -0.3 is 0 Å². The monoisotopic (exact) mass is 309 g/mol. The van der Waals surface area contributed by atoms with E-state index in [0.717, 1.165) is 20.4 Å². The molecule has 0 unspecified atom stereocenters. The van der Waals surface area contributed by atoms with E-state index in [2.05, 4.69) is 15.9 Å². The van der Waals surface area contributed by atoms with Gasteiger partial charge in [0, 0.05) is 21.5 Å². The third-order valence-electron chi connectivity index (χ3n) is 3.51. The van der Waals surface area contributed by atoms with Crippen LogP contribution in [0.4, 0.5) is 0 Å². The first kappa shape index (κ1) is 11.5. The molecule has 1 heterocycles. The SMILES string of the molecule is Clc1cc(C2CCCC2)nc2ccc(Br)cc12. The molecular formula is C14H13BrClN. The molecule has 3 heteroatoms. The molecule has 0 spiro atoms. The van der Waals surface area contributed by atoms with Crippen molar-refractivity contribution < 1.29 is 0 Å². The molecule has 0 saturated heterocycles. The lowest BCUT2D eigenvalue weighted by Gasteiger charge is -2.11. The van der Waals surface area contributed by atoms with Gasteiger partial charge in [0.25, 0.3) is 0 Å². The summed E-state index contributed by atoms with van der Waals surface area (Å²) in [4.78, 5) is 4.75. The molecule has 0 bridgehead atoms. The van der Waals surface area contributed by atoms with E-state index in [9.17, 15) is 0 Å². The minimum atomic E-state index is 0.612. The molecule has 1 aliphatic rings. The number of nitrogens with zero attached hydrogens (tertiary/aromatic N) is 1. The summed E-state index contributed by atoms with van der Waals surface area (Å²) in [6, 6.07) is 8.13. The van der Waals surface area contributed by atoms with Crippen molar-refractivity contribution in [1.82, 2.24) is 4.98 Å². The highest BCUT2D eigenvalue weighted by Gasteiger charge is 2.19. The van der Waals surface area contributed by atoms with Crippen molar-refractivity contribution in [2.24, 2.45) is 0 Å². The molecule has 1 nitrogen and oxygen atoms in total. The fourth-order valence-corrected chi connectivity index (χ4v) is 3.23. The molecule has 2 aromatic rings. The number of halogens is 2. The zero-order valence-corrected chi connectivity index (χ0v) is 11.8. The highest BCUT2D eigenvalue weighted by atomic mass is 79.9. The molecule has 1 saturated carbocycles. The fourth-order valence-electron chi connectivity index (χ4n) is 2.61. The Labute approximate surface area is 114 Å². The minimum Gasteiger partial charge on any atom is -0.252 e. The molecule has 1 fully saturated rings. The van der Waals surface area contributed by atoms with Gasteiger partial charge in [-0.2, -0.15) is 0 Å². The number of fused-ring (bicyclic) bond motifs is 1. The normalized spacial score (nSPS) is 16.8. The van der Waals surface area contributed by atoms with E-state index < -0.39 is 0 Å². The standard InChI is InChI=1S/C14H13BrClN/c15-10-5-6-13-11(7-10)12(16)8-14(17-13)9-3-1-2-4-9/h5-9H,1-4H2. The molecule has 3 rings (SSSR count). The lowest BCUT2D eigenvalue weighted by atomic mass is 10.0. The molecule has 17 heavy (non-hydrogen) atoms. The maximum Gasteiger partial charge on any atom is 0.0721 e. The first-order valence-corrected chi connectivity index (χ1v) is 7.17. The smallest absolute Gasteiger partial charge is 0.0721 e. The molecular weight excluding hydrogens is 298 g/mol. The lowest BCUT2D eigenvalue weighted by molar-refractivity contribution is 0.701. The summed E-state index contributed by atoms with van der Waals surface area (Å²) < 4.78 is 1.04. The molecule has 1 aromatic carbocycles. The van der Waals surface area contributed by atoms with Crippen LogP contribution in [0.1, 0.15) is 37.3 Å². The van der Waals surface area contributed by atoms with Gasteiger partial charge in [0.05, 0.1) is 10.5 Å². The molecule has 0 radical (unpaired) electrons. The first-order valence-electron chi connectivity index (χ1n) is 6.00. The Balaban J connectivity index is 2.13. The maximum absolute atomic E-state index is 6.35. The fraction of sp³-hybridized carbons (Fsp3) is 0.357. The van der Waals surface area contributed by atoms with Crippen molar-refractivity contribution in [1.29, 1.82) is 0 Å². The number of aromatic nitrogens is 1. The Bertz CT molecular complexity index is 561.